The molecule has 8 nitrogen and oxygen atoms in total. The maximum absolute atomic E-state index is 12.3. The van der Waals surface area contributed by atoms with Crippen molar-refractivity contribution in [3.63, 3.8) is 0 Å². The fourth-order valence-electron chi connectivity index (χ4n) is 2.66. The zero-order chi connectivity index (χ0) is 18.6. The van der Waals surface area contributed by atoms with Crippen LogP contribution in [0.1, 0.15) is 39.2 Å². The number of nitro groups is 1. The van der Waals surface area contributed by atoms with Crippen LogP contribution in [0.4, 0.5) is 10.5 Å². The highest BCUT2D eigenvalue weighted by Gasteiger charge is 2.33. The Kier molecular flexibility index (Phi) is 5.47. The molecule has 0 aliphatic carbocycles. The summed E-state index contributed by atoms with van der Waals surface area (Å²) in [5.74, 6) is 0.146. The van der Waals surface area contributed by atoms with Gasteiger partial charge in [0.1, 0.15) is 24.0 Å². The molecule has 0 unspecified atom stereocenters. The van der Waals surface area contributed by atoms with Gasteiger partial charge in [-0.2, -0.15) is 5.26 Å². The fourth-order valence-corrected chi connectivity index (χ4v) is 2.66. The Morgan fingerprint density at radius 2 is 2.20 bits per heavy atom. The highest BCUT2D eigenvalue weighted by molar-refractivity contribution is 5.69. The third kappa shape index (κ3) is 4.59. The Balaban J connectivity index is 2.08. The van der Waals surface area contributed by atoms with Crippen molar-refractivity contribution in [2.24, 2.45) is 0 Å². The lowest BCUT2D eigenvalue weighted by atomic mass is 10.1. The molecular weight excluding hydrogens is 326 g/mol. The van der Waals surface area contributed by atoms with Gasteiger partial charge >= 0.3 is 6.09 Å². The molecule has 1 amide bonds. The van der Waals surface area contributed by atoms with Crippen LogP contribution < -0.4 is 4.74 Å². The second kappa shape index (κ2) is 7.38. The number of ether oxygens (including phenoxy) is 2. The standard InChI is InChI=1S/C17H21N3O5/c1-17(2,3)25-16(21)19-9-5-6-12(19)11-24-15-8-4-7-14(20(22)23)13(15)10-18/h4,7-8,12H,5-6,9,11H2,1-3H3/t12-/m1/s1. The summed E-state index contributed by atoms with van der Waals surface area (Å²) in [4.78, 5) is 24.2. The van der Waals surface area contributed by atoms with Crippen LogP contribution in [0.2, 0.25) is 0 Å². The number of hydrogen-bond donors (Lipinski definition) is 0. The van der Waals surface area contributed by atoms with E-state index in [1.54, 1.807) is 25.7 Å². The number of hydrogen-bond acceptors (Lipinski definition) is 6. The van der Waals surface area contributed by atoms with E-state index in [9.17, 15) is 20.2 Å². The van der Waals surface area contributed by atoms with Crippen LogP contribution in [0.15, 0.2) is 18.2 Å². The zero-order valence-electron chi connectivity index (χ0n) is 14.5. The van der Waals surface area contributed by atoms with Gasteiger partial charge in [0.2, 0.25) is 0 Å². The Bertz CT molecular complexity index is 705. The quantitative estimate of drug-likeness (QED) is 0.611. The van der Waals surface area contributed by atoms with Crippen molar-refractivity contribution < 1.29 is 19.2 Å². The van der Waals surface area contributed by atoms with Gasteiger partial charge in [-0.15, -0.1) is 0 Å². The molecule has 8 heteroatoms. The van der Waals surface area contributed by atoms with Crippen molar-refractivity contribution in [3.05, 3.63) is 33.9 Å². The van der Waals surface area contributed by atoms with Gasteiger partial charge in [-0.25, -0.2) is 4.79 Å². The minimum atomic E-state index is -0.617. The largest absolute Gasteiger partial charge is 0.490 e. The highest BCUT2D eigenvalue weighted by Crippen LogP contribution is 2.28. The van der Waals surface area contributed by atoms with Crippen molar-refractivity contribution >= 4 is 11.8 Å². The molecular formula is C17H21N3O5. The molecule has 1 fully saturated rings. The number of nitriles is 1. The Morgan fingerprint density at radius 3 is 2.80 bits per heavy atom. The van der Waals surface area contributed by atoms with Crippen LogP contribution >= 0.6 is 0 Å². The predicted octanol–water partition coefficient (Wildman–Crippen LogP) is 3.24. The average molecular weight is 347 g/mol. The molecule has 0 N–H and O–H groups in total. The first kappa shape index (κ1) is 18.5. The summed E-state index contributed by atoms with van der Waals surface area (Å²) in [5, 5.41) is 20.2. The first-order chi connectivity index (χ1) is 11.7. The second-order valence-electron chi connectivity index (χ2n) is 6.80. The lowest BCUT2D eigenvalue weighted by molar-refractivity contribution is -0.385. The molecule has 1 aliphatic heterocycles. The molecule has 1 aromatic carbocycles. The van der Waals surface area contributed by atoms with Crippen LogP contribution in [0.3, 0.4) is 0 Å². The molecule has 0 bridgehead atoms. The molecule has 134 valence electrons. The molecule has 0 spiro atoms. The molecule has 1 aliphatic rings. The van der Waals surface area contributed by atoms with Crippen LogP contribution in [0.5, 0.6) is 5.75 Å². The van der Waals surface area contributed by atoms with E-state index in [4.69, 9.17) is 9.47 Å². The number of amides is 1. The SMILES string of the molecule is CC(C)(C)OC(=O)N1CCC[C@@H]1COc1cccc([N+](=O)[O-])c1C#N. The molecule has 0 aromatic heterocycles. The van der Waals surface area contributed by atoms with Gasteiger partial charge in [-0.3, -0.25) is 10.1 Å². The molecule has 1 saturated heterocycles. The van der Waals surface area contributed by atoms with Crippen LogP contribution in [0.25, 0.3) is 0 Å². The first-order valence-corrected chi connectivity index (χ1v) is 8.03. The second-order valence-corrected chi connectivity index (χ2v) is 6.80. The van der Waals surface area contributed by atoms with Crippen molar-refractivity contribution in [1.29, 1.82) is 5.26 Å². The Morgan fingerprint density at radius 1 is 1.48 bits per heavy atom. The molecule has 1 atom stereocenters. The van der Waals surface area contributed by atoms with Gasteiger partial charge in [-0.05, 0) is 39.7 Å². The van der Waals surface area contributed by atoms with E-state index < -0.39 is 16.6 Å². The summed E-state index contributed by atoms with van der Waals surface area (Å²) in [6, 6.07) is 5.86. The molecule has 0 radical (unpaired) electrons. The van der Waals surface area contributed by atoms with E-state index in [0.29, 0.717) is 6.54 Å². The zero-order valence-corrected chi connectivity index (χ0v) is 14.5. The minimum absolute atomic E-state index is 0.116. The summed E-state index contributed by atoms with van der Waals surface area (Å²) in [5.41, 5.74) is -0.997. The fraction of sp³-hybridized carbons (Fsp3) is 0.529. The number of nitrogens with zero attached hydrogens (tertiary/aromatic N) is 3. The van der Waals surface area contributed by atoms with Gasteiger partial charge < -0.3 is 14.4 Å². The summed E-state index contributed by atoms with van der Waals surface area (Å²) in [7, 11) is 0. The number of likely N-dealkylation sites (tertiary alicyclic amines) is 1. The minimum Gasteiger partial charge on any atom is -0.490 e. The van der Waals surface area contributed by atoms with Crippen molar-refractivity contribution in [2.45, 2.75) is 45.3 Å². The predicted molar refractivity (Wildman–Crippen MR) is 89.3 cm³/mol. The molecule has 1 heterocycles. The third-order valence-corrected chi connectivity index (χ3v) is 3.75. The smallest absolute Gasteiger partial charge is 0.410 e. The van der Waals surface area contributed by atoms with E-state index >= 15 is 0 Å². The van der Waals surface area contributed by atoms with E-state index in [2.05, 4.69) is 0 Å². The maximum Gasteiger partial charge on any atom is 0.410 e. The monoisotopic (exact) mass is 347 g/mol. The van der Waals surface area contributed by atoms with Crippen molar-refractivity contribution in [3.8, 4) is 11.8 Å². The van der Waals surface area contributed by atoms with Gasteiger partial charge in [0, 0.05) is 12.6 Å². The number of benzene rings is 1. The van der Waals surface area contributed by atoms with Gasteiger partial charge in [-0.1, -0.05) is 6.07 Å². The number of rotatable bonds is 4. The summed E-state index contributed by atoms with van der Waals surface area (Å²) >= 11 is 0. The number of nitro benzene ring substituents is 1. The summed E-state index contributed by atoms with van der Waals surface area (Å²) in [6.07, 6.45) is 1.17. The molecule has 25 heavy (non-hydrogen) atoms. The lowest BCUT2D eigenvalue weighted by Crippen LogP contribution is -2.42. The third-order valence-electron chi connectivity index (χ3n) is 3.75. The number of carbonyl (C=O) groups is 1. The van der Waals surface area contributed by atoms with E-state index in [0.717, 1.165) is 12.8 Å². The maximum atomic E-state index is 12.3. The number of carbonyl (C=O) groups excluding carboxylic acids is 1. The molecule has 1 aromatic rings. The van der Waals surface area contributed by atoms with Crippen molar-refractivity contribution in [1.82, 2.24) is 4.90 Å². The molecule has 0 saturated carbocycles. The van der Waals surface area contributed by atoms with E-state index in [1.807, 2.05) is 6.07 Å². The van der Waals surface area contributed by atoms with E-state index in [-0.39, 0.29) is 29.6 Å². The topological polar surface area (TPSA) is 106 Å². The average Bonchev–Trinajstić information content (AvgIpc) is 2.99. The summed E-state index contributed by atoms with van der Waals surface area (Å²) < 4.78 is 11.0. The van der Waals surface area contributed by atoms with Gasteiger partial charge in [0.15, 0.2) is 5.56 Å². The molecule has 2 rings (SSSR count). The highest BCUT2D eigenvalue weighted by atomic mass is 16.6. The van der Waals surface area contributed by atoms with Crippen LogP contribution in [-0.4, -0.2) is 40.7 Å². The van der Waals surface area contributed by atoms with E-state index in [1.165, 1.54) is 18.2 Å². The van der Waals surface area contributed by atoms with Crippen LogP contribution in [0, 0.1) is 21.4 Å². The van der Waals surface area contributed by atoms with Crippen molar-refractivity contribution in [2.75, 3.05) is 13.2 Å². The lowest BCUT2D eigenvalue weighted by Gasteiger charge is -2.28. The van der Waals surface area contributed by atoms with Gasteiger partial charge in [0.25, 0.3) is 5.69 Å². The Hall–Kier alpha value is -2.82. The summed E-state index contributed by atoms with van der Waals surface area (Å²) in [6.45, 7) is 6.12. The van der Waals surface area contributed by atoms with Gasteiger partial charge in [0.05, 0.1) is 11.0 Å². The normalized spacial score (nSPS) is 17.0. The first-order valence-electron chi connectivity index (χ1n) is 8.03. The van der Waals surface area contributed by atoms with Crippen LogP contribution in [-0.2, 0) is 4.74 Å². The Labute approximate surface area is 146 Å².